The molecule has 4 rings (SSSR count). The van der Waals surface area contributed by atoms with E-state index in [1.165, 1.54) is 13.3 Å². The molecule has 0 amide bonds. The fraction of sp³-hybridized carbons (Fsp3) is 0.343. The molecule has 0 atom stereocenters. The van der Waals surface area contributed by atoms with Gasteiger partial charge in [0, 0.05) is 30.8 Å². The Hall–Kier alpha value is -4.81. The van der Waals surface area contributed by atoms with E-state index in [1.54, 1.807) is 23.1 Å². The second-order valence-electron chi connectivity index (χ2n) is 11.6. The van der Waals surface area contributed by atoms with Crippen molar-refractivity contribution in [2.45, 2.75) is 65.0 Å². The van der Waals surface area contributed by atoms with Crippen molar-refractivity contribution >= 4 is 11.8 Å². The Kier molecular flexibility index (Phi) is 11.2. The number of carboxylic acid groups (broad SMARTS) is 1. The van der Waals surface area contributed by atoms with Crippen molar-refractivity contribution in [3.63, 3.8) is 0 Å². The van der Waals surface area contributed by atoms with Crippen LogP contribution in [0.5, 0.6) is 11.5 Å². The second-order valence-corrected chi connectivity index (χ2v) is 11.6. The zero-order valence-corrected chi connectivity index (χ0v) is 26.7. The number of benzene rings is 2. The van der Waals surface area contributed by atoms with Gasteiger partial charge in [-0.3, -0.25) is 4.79 Å². The molecule has 0 fully saturated rings. The molecular weight excluding hydrogens is 640 g/mol. The topological polar surface area (TPSA) is 84.8 Å². The van der Waals surface area contributed by atoms with E-state index >= 15 is 0 Å². The molecule has 0 aliphatic rings. The summed E-state index contributed by atoms with van der Waals surface area (Å²) >= 11 is 0. The maximum atomic E-state index is 13.7. The summed E-state index contributed by atoms with van der Waals surface area (Å²) in [6.07, 6.45) is -8.48. The van der Waals surface area contributed by atoms with Gasteiger partial charge < -0.3 is 19.5 Å². The zero-order chi connectivity index (χ0) is 35.2. The summed E-state index contributed by atoms with van der Waals surface area (Å²) in [5, 5.41) is 8.84. The number of alkyl halides is 6. The lowest BCUT2D eigenvalue weighted by atomic mass is 9.98. The maximum Gasteiger partial charge on any atom is 0.416 e. The fourth-order valence-corrected chi connectivity index (χ4v) is 5.04. The molecule has 0 aliphatic heterocycles. The highest BCUT2D eigenvalue weighted by Gasteiger charge is 2.37. The first-order valence-corrected chi connectivity index (χ1v) is 15.0. The van der Waals surface area contributed by atoms with Gasteiger partial charge in [0.2, 0.25) is 0 Å². The normalized spacial score (nSPS) is 11.9. The molecule has 0 unspecified atom stereocenters. The highest BCUT2D eigenvalue weighted by Crippen LogP contribution is 2.38. The van der Waals surface area contributed by atoms with Gasteiger partial charge in [-0.05, 0) is 72.9 Å². The minimum Gasteiger partial charge on any atom is -0.494 e. The molecule has 7 nitrogen and oxygen atoms in total. The molecule has 0 spiro atoms. The Morgan fingerprint density at radius 3 is 2.17 bits per heavy atom. The molecule has 2 heterocycles. The third kappa shape index (κ3) is 9.39. The van der Waals surface area contributed by atoms with Crippen LogP contribution in [0.15, 0.2) is 66.9 Å². The van der Waals surface area contributed by atoms with Crippen molar-refractivity contribution in [2.24, 2.45) is 0 Å². The Balaban J connectivity index is 1.80. The summed E-state index contributed by atoms with van der Waals surface area (Å²) in [7, 11) is 1.51. The van der Waals surface area contributed by atoms with Gasteiger partial charge in [-0.1, -0.05) is 37.6 Å². The molecule has 0 aliphatic carbocycles. The van der Waals surface area contributed by atoms with E-state index in [9.17, 15) is 31.1 Å². The summed E-state index contributed by atoms with van der Waals surface area (Å²) in [5.41, 5.74) is 0.503. The smallest absolute Gasteiger partial charge is 0.416 e. The number of pyridine rings is 2. The van der Waals surface area contributed by atoms with Crippen molar-refractivity contribution < 1.29 is 45.7 Å². The first-order chi connectivity index (χ1) is 22.5. The molecule has 0 saturated heterocycles. The number of hydrogen-bond donors (Lipinski definition) is 1. The molecule has 2 aromatic heterocycles. The van der Waals surface area contributed by atoms with Crippen molar-refractivity contribution in [3.05, 3.63) is 100 Å². The Morgan fingerprint density at radius 2 is 1.60 bits per heavy atom. The van der Waals surface area contributed by atoms with Crippen LogP contribution in [0.25, 0.3) is 11.3 Å². The van der Waals surface area contributed by atoms with Gasteiger partial charge in [-0.25, -0.2) is 9.97 Å². The molecule has 2 aromatic carbocycles. The summed E-state index contributed by atoms with van der Waals surface area (Å²) in [6.45, 7) is 5.63. The Labute approximate surface area is 274 Å². The van der Waals surface area contributed by atoms with Crippen LogP contribution in [0.4, 0.5) is 32.2 Å². The predicted octanol–water partition coefficient (Wildman–Crippen LogP) is 9.07. The number of aryl methyl sites for hydroxylation is 1. The van der Waals surface area contributed by atoms with Crippen LogP contribution in [-0.4, -0.2) is 34.8 Å². The number of aromatic nitrogens is 2. The van der Waals surface area contributed by atoms with E-state index in [1.807, 2.05) is 45.0 Å². The molecule has 4 aromatic rings. The zero-order valence-electron chi connectivity index (χ0n) is 26.7. The molecule has 0 bridgehead atoms. The SMILES string of the molecule is COc1ccc(C(C)C)nc1-c1ccc(C)cc1CN(Cc1cc(C(F)(F)F)cc(C(F)(F)F)c1)c1ccc(OCCCC(=O)O)cn1. The first kappa shape index (κ1) is 36.0. The monoisotopic (exact) mass is 675 g/mol. The maximum absolute atomic E-state index is 13.7. The Bertz CT molecular complexity index is 1690. The van der Waals surface area contributed by atoms with Crippen LogP contribution in [0.1, 0.15) is 66.1 Å². The summed E-state index contributed by atoms with van der Waals surface area (Å²) in [6, 6.07) is 13.9. The third-order valence-electron chi connectivity index (χ3n) is 7.44. The van der Waals surface area contributed by atoms with Crippen molar-refractivity contribution in [2.75, 3.05) is 18.6 Å². The van der Waals surface area contributed by atoms with Gasteiger partial charge in [0.1, 0.15) is 23.0 Å². The number of carboxylic acids is 1. The number of hydrogen-bond acceptors (Lipinski definition) is 6. The van der Waals surface area contributed by atoms with Gasteiger partial charge in [0.05, 0.1) is 31.0 Å². The fourth-order valence-electron chi connectivity index (χ4n) is 5.04. The second kappa shape index (κ2) is 15.0. The van der Waals surface area contributed by atoms with E-state index in [0.717, 1.165) is 11.3 Å². The van der Waals surface area contributed by atoms with Crippen LogP contribution >= 0.6 is 0 Å². The molecule has 48 heavy (non-hydrogen) atoms. The molecule has 13 heteroatoms. The number of anilines is 1. The van der Waals surface area contributed by atoms with Gasteiger partial charge >= 0.3 is 18.3 Å². The van der Waals surface area contributed by atoms with Crippen molar-refractivity contribution in [1.29, 1.82) is 0 Å². The van der Waals surface area contributed by atoms with Crippen LogP contribution in [-0.2, 0) is 30.2 Å². The first-order valence-electron chi connectivity index (χ1n) is 15.0. The van der Waals surface area contributed by atoms with Crippen LogP contribution in [0, 0.1) is 6.92 Å². The van der Waals surface area contributed by atoms with Crippen LogP contribution in [0.2, 0.25) is 0 Å². The van der Waals surface area contributed by atoms with E-state index in [0.29, 0.717) is 40.5 Å². The highest BCUT2D eigenvalue weighted by atomic mass is 19.4. The lowest BCUT2D eigenvalue weighted by molar-refractivity contribution is -0.143. The van der Waals surface area contributed by atoms with Crippen LogP contribution < -0.4 is 14.4 Å². The molecular formula is C35H35F6N3O4. The van der Waals surface area contributed by atoms with Gasteiger partial charge in [-0.15, -0.1) is 0 Å². The summed E-state index contributed by atoms with van der Waals surface area (Å²) < 4.78 is 93.7. The molecule has 0 radical (unpaired) electrons. The number of rotatable bonds is 13. The minimum absolute atomic E-state index is 0.0250. The van der Waals surface area contributed by atoms with Gasteiger partial charge in [0.15, 0.2) is 0 Å². The van der Waals surface area contributed by atoms with Crippen molar-refractivity contribution in [1.82, 2.24) is 9.97 Å². The van der Waals surface area contributed by atoms with E-state index < -0.39 is 29.4 Å². The van der Waals surface area contributed by atoms with E-state index in [4.69, 9.17) is 19.6 Å². The molecule has 0 saturated carbocycles. The number of methoxy groups -OCH3 is 1. The number of carbonyl (C=O) groups is 1. The standard InChI is InChI=1S/C35H35F6N3O4/c1-21(2)29-10-11-30(47-4)33(43-29)28-9-7-22(3)14-24(28)20-44(31-12-8-27(18-42-31)48-13-5-6-32(45)46)19-23-15-25(34(36,37)38)17-26(16-23)35(39,40)41/h7-12,14-18,21H,5-6,13,19-20H2,1-4H3,(H,45,46). The predicted molar refractivity (Wildman–Crippen MR) is 168 cm³/mol. The number of halogens is 6. The summed E-state index contributed by atoms with van der Waals surface area (Å²) in [5.74, 6) is 0.190. The minimum atomic E-state index is -5.01. The van der Waals surface area contributed by atoms with E-state index in [-0.39, 0.29) is 55.9 Å². The average Bonchev–Trinajstić information content (AvgIpc) is 3.02. The number of ether oxygens (including phenoxy) is 2. The number of nitrogens with zero attached hydrogens (tertiary/aromatic N) is 3. The van der Waals surface area contributed by atoms with Gasteiger partial charge in [-0.2, -0.15) is 26.3 Å². The van der Waals surface area contributed by atoms with Crippen molar-refractivity contribution in [3.8, 4) is 22.8 Å². The van der Waals surface area contributed by atoms with E-state index in [2.05, 4.69) is 4.98 Å². The lowest BCUT2D eigenvalue weighted by Gasteiger charge is -2.27. The molecule has 256 valence electrons. The summed E-state index contributed by atoms with van der Waals surface area (Å²) in [4.78, 5) is 21.6. The third-order valence-corrected chi connectivity index (χ3v) is 7.44. The van der Waals surface area contributed by atoms with Gasteiger partial charge in [0.25, 0.3) is 0 Å². The highest BCUT2D eigenvalue weighted by molar-refractivity contribution is 5.71. The largest absolute Gasteiger partial charge is 0.494 e. The quantitative estimate of drug-likeness (QED) is 0.112. The Morgan fingerprint density at radius 1 is 0.917 bits per heavy atom. The number of aliphatic carboxylic acids is 1. The average molecular weight is 676 g/mol. The lowest BCUT2D eigenvalue weighted by Crippen LogP contribution is -2.24. The molecule has 1 N–H and O–H groups in total. The van der Waals surface area contributed by atoms with Crippen LogP contribution in [0.3, 0.4) is 0 Å².